The Morgan fingerprint density at radius 2 is 1.90 bits per heavy atom. The number of rotatable bonds is 5. The van der Waals surface area contributed by atoms with Crippen LogP contribution in [0.1, 0.15) is 27.0 Å². The Kier molecular flexibility index (Phi) is 5.11. The predicted octanol–water partition coefficient (Wildman–Crippen LogP) is 2.92. The van der Waals surface area contributed by atoms with Crippen molar-refractivity contribution in [1.82, 2.24) is 5.32 Å². The van der Waals surface area contributed by atoms with E-state index in [-0.39, 0.29) is 5.91 Å². The maximum Gasteiger partial charge on any atom is 0.349 e. The van der Waals surface area contributed by atoms with Gasteiger partial charge in [0.05, 0.1) is 0 Å². The van der Waals surface area contributed by atoms with Crippen LogP contribution in [0.2, 0.25) is 0 Å². The number of amides is 1. The summed E-state index contributed by atoms with van der Waals surface area (Å²) in [7, 11) is 0. The van der Waals surface area contributed by atoms with Gasteiger partial charge in [-0.25, -0.2) is 4.79 Å². The van der Waals surface area contributed by atoms with E-state index in [1.807, 2.05) is 43.3 Å². The molecular weight excluding hydrogens is 286 g/mol. The lowest BCUT2D eigenvalue weighted by molar-refractivity contribution is -0.129. The number of ether oxygens (including phenoxy) is 1. The lowest BCUT2D eigenvalue weighted by Gasteiger charge is -2.13. The van der Waals surface area contributed by atoms with Gasteiger partial charge in [0.1, 0.15) is 4.88 Å². The van der Waals surface area contributed by atoms with Gasteiger partial charge in [-0.2, -0.15) is 0 Å². The Labute approximate surface area is 127 Å². The lowest BCUT2D eigenvalue weighted by Crippen LogP contribution is -2.35. The molecule has 1 atom stereocenters. The minimum Gasteiger partial charge on any atom is -0.448 e. The molecule has 0 spiro atoms. The summed E-state index contributed by atoms with van der Waals surface area (Å²) in [5, 5.41) is 2.75. The van der Waals surface area contributed by atoms with Gasteiger partial charge >= 0.3 is 5.97 Å². The number of hydrogen-bond donors (Lipinski definition) is 1. The molecule has 0 aliphatic heterocycles. The Balaban J connectivity index is 1.83. The molecule has 0 aliphatic rings. The van der Waals surface area contributed by atoms with E-state index >= 15 is 0 Å². The van der Waals surface area contributed by atoms with Crippen molar-refractivity contribution < 1.29 is 14.3 Å². The first kappa shape index (κ1) is 15.3. The summed E-state index contributed by atoms with van der Waals surface area (Å²) < 4.78 is 5.16. The Morgan fingerprint density at radius 3 is 2.52 bits per heavy atom. The Bertz CT molecular complexity index is 621. The van der Waals surface area contributed by atoms with Crippen LogP contribution in [-0.2, 0) is 16.1 Å². The van der Waals surface area contributed by atoms with E-state index in [1.54, 1.807) is 13.0 Å². The highest BCUT2D eigenvalue weighted by Crippen LogP contribution is 2.16. The summed E-state index contributed by atoms with van der Waals surface area (Å²) in [4.78, 5) is 25.3. The van der Waals surface area contributed by atoms with Crippen LogP contribution in [0.3, 0.4) is 0 Å². The monoisotopic (exact) mass is 303 g/mol. The zero-order valence-electron chi connectivity index (χ0n) is 12.0. The first-order valence-electron chi connectivity index (χ1n) is 6.65. The van der Waals surface area contributed by atoms with Crippen LogP contribution >= 0.6 is 11.3 Å². The maximum atomic E-state index is 11.9. The van der Waals surface area contributed by atoms with Crippen LogP contribution in [0, 0.1) is 6.92 Å². The quantitative estimate of drug-likeness (QED) is 0.864. The minimum atomic E-state index is -0.816. The molecule has 1 amide bonds. The highest BCUT2D eigenvalue weighted by Gasteiger charge is 2.19. The van der Waals surface area contributed by atoms with Gasteiger partial charge in [0.15, 0.2) is 6.10 Å². The van der Waals surface area contributed by atoms with Gasteiger partial charge in [0.2, 0.25) is 0 Å². The van der Waals surface area contributed by atoms with Gasteiger partial charge in [-0.05, 0) is 31.5 Å². The fourth-order valence-corrected chi connectivity index (χ4v) is 2.50. The van der Waals surface area contributed by atoms with Crippen molar-refractivity contribution in [1.29, 1.82) is 0 Å². The number of carbonyl (C=O) groups is 2. The smallest absolute Gasteiger partial charge is 0.349 e. The van der Waals surface area contributed by atoms with Crippen molar-refractivity contribution in [2.45, 2.75) is 26.5 Å². The SMILES string of the molecule is Cc1ccc(C(=O)O[C@@H](C)C(=O)NCc2ccccc2)s1. The number of benzene rings is 1. The zero-order valence-corrected chi connectivity index (χ0v) is 12.8. The van der Waals surface area contributed by atoms with E-state index in [0.29, 0.717) is 11.4 Å². The van der Waals surface area contributed by atoms with Crippen molar-refractivity contribution in [3.8, 4) is 0 Å². The second-order valence-electron chi connectivity index (χ2n) is 4.66. The van der Waals surface area contributed by atoms with Gasteiger partial charge in [-0.3, -0.25) is 4.79 Å². The molecule has 1 N–H and O–H groups in total. The summed E-state index contributed by atoms with van der Waals surface area (Å²) >= 11 is 1.35. The minimum absolute atomic E-state index is 0.305. The zero-order chi connectivity index (χ0) is 15.2. The summed E-state index contributed by atoms with van der Waals surface area (Å²) in [6.45, 7) is 3.90. The Morgan fingerprint density at radius 1 is 1.19 bits per heavy atom. The molecule has 0 saturated carbocycles. The third kappa shape index (κ3) is 4.43. The highest BCUT2D eigenvalue weighted by atomic mass is 32.1. The predicted molar refractivity (Wildman–Crippen MR) is 82.2 cm³/mol. The molecule has 4 nitrogen and oxygen atoms in total. The molecule has 1 aromatic heterocycles. The van der Waals surface area contributed by atoms with Crippen molar-refractivity contribution in [2.24, 2.45) is 0 Å². The van der Waals surface area contributed by atoms with Crippen LogP contribution in [0.25, 0.3) is 0 Å². The van der Waals surface area contributed by atoms with Gasteiger partial charge in [0.25, 0.3) is 5.91 Å². The summed E-state index contributed by atoms with van der Waals surface area (Å²) in [5.74, 6) is -0.768. The summed E-state index contributed by atoms with van der Waals surface area (Å²) in [6, 6.07) is 13.1. The van der Waals surface area contributed by atoms with Crippen LogP contribution in [-0.4, -0.2) is 18.0 Å². The van der Waals surface area contributed by atoms with Crippen LogP contribution in [0.15, 0.2) is 42.5 Å². The van der Waals surface area contributed by atoms with Gasteiger partial charge in [0, 0.05) is 11.4 Å². The second-order valence-corrected chi connectivity index (χ2v) is 5.95. The van der Waals surface area contributed by atoms with Crippen LogP contribution in [0.5, 0.6) is 0 Å². The first-order valence-corrected chi connectivity index (χ1v) is 7.47. The maximum absolute atomic E-state index is 11.9. The molecule has 0 fully saturated rings. The largest absolute Gasteiger partial charge is 0.448 e. The number of esters is 1. The molecule has 0 saturated heterocycles. The van der Waals surface area contributed by atoms with Gasteiger partial charge in [-0.1, -0.05) is 30.3 Å². The van der Waals surface area contributed by atoms with E-state index in [4.69, 9.17) is 4.74 Å². The van der Waals surface area contributed by atoms with Crippen molar-refractivity contribution in [2.75, 3.05) is 0 Å². The molecule has 2 aromatic rings. The van der Waals surface area contributed by atoms with E-state index in [2.05, 4.69) is 5.32 Å². The standard InChI is InChI=1S/C16H17NO3S/c1-11-8-9-14(21-11)16(19)20-12(2)15(18)17-10-13-6-4-3-5-7-13/h3-9,12H,10H2,1-2H3,(H,17,18)/t12-/m0/s1. The molecule has 5 heteroatoms. The summed E-state index contributed by atoms with van der Waals surface area (Å²) in [5.41, 5.74) is 0.998. The third-order valence-corrected chi connectivity index (χ3v) is 3.88. The first-order chi connectivity index (χ1) is 10.1. The molecule has 110 valence electrons. The molecule has 0 unspecified atom stereocenters. The highest BCUT2D eigenvalue weighted by molar-refractivity contribution is 7.13. The lowest BCUT2D eigenvalue weighted by atomic mass is 10.2. The fraction of sp³-hybridized carbons (Fsp3) is 0.250. The number of hydrogen-bond acceptors (Lipinski definition) is 4. The second kappa shape index (κ2) is 7.04. The van der Waals surface area contributed by atoms with E-state index in [9.17, 15) is 9.59 Å². The van der Waals surface area contributed by atoms with E-state index < -0.39 is 12.1 Å². The van der Waals surface area contributed by atoms with Gasteiger partial charge in [-0.15, -0.1) is 11.3 Å². The molecule has 0 radical (unpaired) electrons. The fourth-order valence-electron chi connectivity index (χ4n) is 1.75. The molecular formula is C16H17NO3S. The average Bonchev–Trinajstić information content (AvgIpc) is 2.92. The Hall–Kier alpha value is -2.14. The van der Waals surface area contributed by atoms with Crippen molar-refractivity contribution >= 4 is 23.2 Å². The van der Waals surface area contributed by atoms with Crippen molar-refractivity contribution in [3.63, 3.8) is 0 Å². The topological polar surface area (TPSA) is 55.4 Å². The number of aryl methyl sites for hydroxylation is 1. The normalized spacial score (nSPS) is 11.7. The molecule has 0 bridgehead atoms. The molecule has 2 rings (SSSR count). The van der Waals surface area contributed by atoms with Crippen LogP contribution in [0.4, 0.5) is 0 Å². The molecule has 21 heavy (non-hydrogen) atoms. The average molecular weight is 303 g/mol. The van der Waals surface area contributed by atoms with E-state index in [0.717, 1.165) is 10.4 Å². The van der Waals surface area contributed by atoms with Crippen LogP contribution < -0.4 is 5.32 Å². The third-order valence-electron chi connectivity index (χ3n) is 2.90. The molecule has 0 aliphatic carbocycles. The summed E-state index contributed by atoms with van der Waals surface area (Å²) in [6.07, 6.45) is -0.816. The van der Waals surface area contributed by atoms with Gasteiger partial charge < -0.3 is 10.1 Å². The number of carbonyl (C=O) groups excluding carboxylic acids is 2. The number of nitrogens with one attached hydrogen (secondary N) is 1. The number of thiophene rings is 1. The van der Waals surface area contributed by atoms with E-state index in [1.165, 1.54) is 11.3 Å². The molecule has 1 aromatic carbocycles. The van der Waals surface area contributed by atoms with Crippen molar-refractivity contribution in [3.05, 3.63) is 57.8 Å². The molecule has 1 heterocycles.